The van der Waals surface area contributed by atoms with Gasteiger partial charge in [-0.3, -0.25) is 9.88 Å². The lowest BCUT2D eigenvalue weighted by Gasteiger charge is -2.40. The number of fused-ring (bicyclic) bond motifs is 3. The SMILES string of the molecule is CC1COCC2c3ccccc3CC(NP)C(=O)N12. The predicted molar refractivity (Wildman–Crippen MR) is 76.6 cm³/mol. The Morgan fingerprint density at radius 2 is 2.16 bits per heavy atom. The summed E-state index contributed by atoms with van der Waals surface area (Å²) >= 11 is 0. The van der Waals surface area contributed by atoms with E-state index in [0.29, 0.717) is 13.2 Å². The first-order chi connectivity index (χ1) is 9.22. The molecule has 0 saturated carbocycles. The van der Waals surface area contributed by atoms with Crippen molar-refractivity contribution in [1.82, 2.24) is 9.99 Å². The molecule has 0 bridgehead atoms. The predicted octanol–water partition coefficient (Wildman–Crippen LogP) is 1.28. The summed E-state index contributed by atoms with van der Waals surface area (Å²) in [5.74, 6) is 0.173. The van der Waals surface area contributed by atoms with E-state index in [2.05, 4.69) is 33.5 Å². The monoisotopic (exact) mass is 278 g/mol. The zero-order valence-corrected chi connectivity index (χ0v) is 12.2. The third-order valence-corrected chi connectivity index (χ3v) is 4.44. The topological polar surface area (TPSA) is 41.6 Å². The van der Waals surface area contributed by atoms with Gasteiger partial charge in [-0.1, -0.05) is 33.7 Å². The Hall–Kier alpha value is -0.960. The van der Waals surface area contributed by atoms with Crippen molar-refractivity contribution in [2.75, 3.05) is 13.2 Å². The molecule has 1 fully saturated rings. The summed E-state index contributed by atoms with van der Waals surface area (Å²) in [6.45, 7) is 3.27. The van der Waals surface area contributed by atoms with Crippen LogP contribution in [0.2, 0.25) is 0 Å². The fourth-order valence-electron chi connectivity index (χ4n) is 3.09. The standard InChI is InChI=1S/C14H19N2O2P/c1-9-7-18-8-13-11-5-3-2-4-10(11)6-12(15-19)14(17)16(9)13/h2-5,9,12-13,15H,6-8,19H2,1H3. The fraction of sp³-hybridized carbons (Fsp3) is 0.500. The number of morpholine rings is 1. The molecule has 102 valence electrons. The van der Waals surface area contributed by atoms with Gasteiger partial charge in [0, 0.05) is 0 Å². The van der Waals surface area contributed by atoms with Gasteiger partial charge in [0.05, 0.1) is 31.3 Å². The molecule has 0 spiro atoms. The number of rotatable bonds is 1. The first-order valence-electron chi connectivity index (χ1n) is 6.66. The molecule has 0 aliphatic carbocycles. The third kappa shape index (κ3) is 2.18. The van der Waals surface area contributed by atoms with Gasteiger partial charge < -0.3 is 9.64 Å². The van der Waals surface area contributed by atoms with Crippen LogP contribution in [0.1, 0.15) is 24.1 Å². The molecule has 2 aliphatic rings. The molecule has 4 nitrogen and oxygen atoms in total. The highest BCUT2D eigenvalue weighted by molar-refractivity contribution is 7.13. The largest absolute Gasteiger partial charge is 0.377 e. The number of benzene rings is 1. The number of nitrogens with one attached hydrogen (secondary N) is 1. The molecule has 0 radical (unpaired) electrons. The van der Waals surface area contributed by atoms with Gasteiger partial charge in [-0.05, 0) is 24.5 Å². The number of hydrogen-bond acceptors (Lipinski definition) is 3. The summed E-state index contributed by atoms with van der Waals surface area (Å²) in [6, 6.07) is 8.31. The maximum Gasteiger partial charge on any atom is 0.241 e. The highest BCUT2D eigenvalue weighted by Gasteiger charge is 2.40. The zero-order valence-electron chi connectivity index (χ0n) is 11.0. The van der Waals surface area contributed by atoms with Gasteiger partial charge in [-0.25, -0.2) is 0 Å². The van der Waals surface area contributed by atoms with Crippen LogP contribution in [0.15, 0.2) is 24.3 Å². The van der Waals surface area contributed by atoms with Gasteiger partial charge >= 0.3 is 0 Å². The van der Waals surface area contributed by atoms with E-state index in [1.165, 1.54) is 11.1 Å². The molecule has 19 heavy (non-hydrogen) atoms. The van der Waals surface area contributed by atoms with Crippen LogP contribution >= 0.6 is 9.39 Å². The summed E-state index contributed by atoms with van der Waals surface area (Å²) in [7, 11) is 2.47. The number of ether oxygens (including phenoxy) is 1. The molecule has 5 heteroatoms. The van der Waals surface area contributed by atoms with E-state index in [1.54, 1.807) is 0 Å². The van der Waals surface area contributed by atoms with Crippen LogP contribution < -0.4 is 5.09 Å². The molecule has 2 heterocycles. The fourth-order valence-corrected chi connectivity index (χ4v) is 3.35. The minimum atomic E-state index is -0.170. The van der Waals surface area contributed by atoms with Crippen molar-refractivity contribution < 1.29 is 9.53 Å². The zero-order chi connectivity index (χ0) is 13.4. The van der Waals surface area contributed by atoms with Crippen molar-refractivity contribution in [3.05, 3.63) is 35.4 Å². The quantitative estimate of drug-likeness (QED) is 0.787. The second-order valence-electron chi connectivity index (χ2n) is 5.27. The molecule has 1 aromatic carbocycles. The molecule has 4 unspecified atom stereocenters. The normalized spacial score (nSPS) is 30.5. The van der Waals surface area contributed by atoms with E-state index in [9.17, 15) is 4.79 Å². The lowest BCUT2D eigenvalue weighted by molar-refractivity contribution is -0.146. The van der Waals surface area contributed by atoms with Crippen LogP contribution in [0.3, 0.4) is 0 Å². The Balaban J connectivity index is 2.08. The summed E-state index contributed by atoms with van der Waals surface area (Å²) in [4.78, 5) is 14.7. The van der Waals surface area contributed by atoms with E-state index < -0.39 is 0 Å². The molecule has 2 aliphatic heterocycles. The van der Waals surface area contributed by atoms with Gasteiger partial charge in [-0.2, -0.15) is 0 Å². The van der Waals surface area contributed by atoms with Crippen LogP contribution in [0.25, 0.3) is 0 Å². The molecular weight excluding hydrogens is 259 g/mol. The minimum Gasteiger partial charge on any atom is -0.377 e. The van der Waals surface area contributed by atoms with Gasteiger partial charge in [0.15, 0.2) is 0 Å². The molecule has 1 amide bonds. The van der Waals surface area contributed by atoms with Crippen LogP contribution in [-0.2, 0) is 16.0 Å². The molecule has 4 atom stereocenters. The van der Waals surface area contributed by atoms with Crippen LogP contribution in [-0.4, -0.2) is 36.1 Å². The summed E-state index contributed by atoms with van der Waals surface area (Å²) < 4.78 is 5.66. The Bertz CT molecular complexity index is 494. The Labute approximate surface area is 115 Å². The van der Waals surface area contributed by atoms with Crippen LogP contribution in [0, 0.1) is 0 Å². The average molecular weight is 278 g/mol. The van der Waals surface area contributed by atoms with E-state index in [4.69, 9.17) is 4.74 Å². The third-order valence-electron chi connectivity index (χ3n) is 4.04. The van der Waals surface area contributed by atoms with Crippen LogP contribution in [0.4, 0.5) is 0 Å². The number of amides is 1. The highest BCUT2D eigenvalue weighted by atomic mass is 31.0. The molecule has 1 saturated heterocycles. The summed E-state index contributed by atoms with van der Waals surface area (Å²) in [5, 5.41) is 3.07. The Morgan fingerprint density at radius 3 is 2.95 bits per heavy atom. The molecular formula is C14H19N2O2P. The minimum absolute atomic E-state index is 0.0517. The second kappa shape index (κ2) is 5.20. The van der Waals surface area contributed by atoms with Crippen LogP contribution in [0.5, 0.6) is 0 Å². The van der Waals surface area contributed by atoms with Crippen molar-refractivity contribution in [2.24, 2.45) is 0 Å². The average Bonchev–Trinajstić information content (AvgIpc) is 2.55. The number of carbonyl (C=O) groups is 1. The van der Waals surface area contributed by atoms with Crippen molar-refractivity contribution in [2.45, 2.75) is 31.5 Å². The van der Waals surface area contributed by atoms with Gasteiger partial charge in [-0.15, -0.1) is 0 Å². The first kappa shape index (κ1) is 13.0. The second-order valence-corrected chi connectivity index (χ2v) is 5.60. The molecule has 1 N–H and O–H groups in total. The lowest BCUT2D eigenvalue weighted by Crippen LogP contribution is -2.53. The lowest BCUT2D eigenvalue weighted by atomic mass is 9.97. The van der Waals surface area contributed by atoms with Gasteiger partial charge in [0.1, 0.15) is 0 Å². The highest BCUT2D eigenvalue weighted by Crippen LogP contribution is 2.33. The number of nitrogens with zero attached hydrogens (tertiary/aromatic N) is 1. The Kier molecular flexibility index (Phi) is 3.57. The number of carbonyl (C=O) groups excluding carboxylic acids is 1. The summed E-state index contributed by atoms with van der Waals surface area (Å²) in [5.41, 5.74) is 2.46. The van der Waals surface area contributed by atoms with Gasteiger partial charge in [0.2, 0.25) is 5.91 Å². The smallest absolute Gasteiger partial charge is 0.241 e. The van der Waals surface area contributed by atoms with Crippen molar-refractivity contribution in [3.8, 4) is 0 Å². The van der Waals surface area contributed by atoms with Crippen molar-refractivity contribution in [1.29, 1.82) is 0 Å². The van der Waals surface area contributed by atoms with E-state index in [0.717, 1.165) is 6.42 Å². The molecule has 0 aromatic heterocycles. The van der Waals surface area contributed by atoms with Crippen molar-refractivity contribution >= 4 is 15.3 Å². The van der Waals surface area contributed by atoms with Gasteiger partial charge in [0.25, 0.3) is 0 Å². The Morgan fingerprint density at radius 1 is 1.37 bits per heavy atom. The first-order valence-corrected chi connectivity index (χ1v) is 7.24. The number of hydrogen-bond donors (Lipinski definition) is 1. The van der Waals surface area contributed by atoms with E-state index >= 15 is 0 Å². The van der Waals surface area contributed by atoms with E-state index in [-0.39, 0.29) is 24.0 Å². The summed E-state index contributed by atoms with van der Waals surface area (Å²) in [6.07, 6.45) is 0.734. The maximum absolute atomic E-state index is 12.7. The molecule has 3 rings (SSSR count). The van der Waals surface area contributed by atoms with E-state index in [1.807, 2.05) is 17.0 Å². The van der Waals surface area contributed by atoms with Crippen molar-refractivity contribution in [3.63, 3.8) is 0 Å². The molecule has 1 aromatic rings. The maximum atomic E-state index is 12.7.